The first-order valence-electron chi connectivity index (χ1n) is 1.68. The minimum Gasteiger partial charge on any atom is -0.223 e. The smallest absolute Gasteiger partial charge is 0.223 e. The van der Waals surface area contributed by atoms with E-state index in [0.29, 0.717) is 0 Å². The summed E-state index contributed by atoms with van der Waals surface area (Å²) in [5, 5.41) is 11.1. The third kappa shape index (κ3) is 0.808. The average Bonchev–Trinajstić information content (AvgIpc) is 2.12. The maximum Gasteiger partial charge on any atom is 0.285 e. The Kier molecular flexibility index (Phi) is 1.20. The van der Waals surface area contributed by atoms with E-state index in [9.17, 15) is 8.42 Å². The number of rotatable bonds is 1. The van der Waals surface area contributed by atoms with Gasteiger partial charge >= 0.3 is 0 Å². The minimum absolute atomic E-state index is 0.278. The van der Waals surface area contributed by atoms with E-state index in [1.54, 1.807) is 0 Å². The van der Waals surface area contributed by atoms with Gasteiger partial charge in [0.15, 0.2) is 0 Å². The van der Waals surface area contributed by atoms with Crippen LogP contribution in [0.5, 0.6) is 0 Å². The standard InChI is InChI=1S/CH2N4O2S/c6-8(7)1-2-4-5-3-1/h8H,(H,2,3,4,5). The van der Waals surface area contributed by atoms with E-state index >= 15 is 0 Å². The van der Waals surface area contributed by atoms with Crippen molar-refractivity contribution in [3.8, 4) is 0 Å². The lowest BCUT2D eigenvalue weighted by atomic mass is 11.4. The summed E-state index contributed by atoms with van der Waals surface area (Å²) in [4.78, 5) is 0. The van der Waals surface area contributed by atoms with Crippen molar-refractivity contribution in [3.05, 3.63) is 0 Å². The predicted molar refractivity (Wildman–Crippen MR) is 22.8 cm³/mol. The minimum atomic E-state index is -2.67. The van der Waals surface area contributed by atoms with Crippen LogP contribution in [0.1, 0.15) is 0 Å². The summed E-state index contributed by atoms with van der Waals surface area (Å²) in [5.41, 5.74) is 0. The second kappa shape index (κ2) is 1.86. The van der Waals surface area contributed by atoms with Crippen LogP contribution in [0.15, 0.2) is 5.16 Å². The fourth-order valence-electron chi connectivity index (χ4n) is 0.234. The third-order valence-corrected chi connectivity index (χ3v) is 1.01. The molecule has 0 spiro atoms. The largest absolute Gasteiger partial charge is 0.285 e. The van der Waals surface area contributed by atoms with Gasteiger partial charge in [0.05, 0.1) is 0 Å². The molecule has 0 bridgehead atoms. The average molecular weight is 134 g/mol. The summed E-state index contributed by atoms with van der Waals surface area (Å²) in [6.45, 7) is 0. The van der Waals surface area contributed by atoms with E-state index in [0.717, 1.165) is 0 Å². The Morgan fingerprint density at radius 3 is 2.50 bits per heavy atom. The molecule has 7 heteroatoms. The first kappa shape index (κ1) is 5.16. The lowest BCUT2D eigenvalue weighted by molar-refractivity contribution is 0.606. The zero-order chi connectivity index (χ0) is 5.98. The molecule has 1 aromatic rings. The molecule has 0 aliphatic carbocycles. The maximum absolute atomic E-state index is 9.91. The Labute approximate surface area is 45.9 Å². The molecule has 0 saturated heterocycles. The van der Waals surface area contributed by atoms with Gasteiger partial charge in [-0.3, -0.25) is 0 Å². The van der Waals surface area contributed by atoms with Crippen LogP contribution in [0.25, 0.3) is 0 Å². The molecular weight excluding hydrogens is 132 g/mol. The van der Waals surface area contributed by atoms with E-state index in [2.05, 4.69) is 15.4 Å². The van der Waals surface area contributed by atoms with Crippen molar-refractivity contribution in [2.75, 3.05) is 0 Å². The molecule has 8 heavy (non-hydrogen) atoms. The molecule has 0 radical (unpaired) electrons. The molecule has 1 rings (SSSR count). The van der Waals surface area contributed by atoms with Crippen molar-refractivity contribution < 1.29 is 8.42 Å². The van der Waals surface area contributed by atoms with Crippen LogP contribution in [0.2, 0.25) is 0 Å². The van der Waals surface area contributed by atoms with Crippen LogP contribution in [0.3, 0.4) is 0 Å². The highest BCUT2D eigenvalue weighted by Crippen LogP contribution is 1.79. The fourth-order valence-corrected chi connectivity index (χ4v) is 0.478. The predicted octanol–water partition coefficient (Wildman–Crippen LogP) is -1.83. The van der Waals surface area contributed by atoms with Crippen LogP contribution in [0, 0.1) is 0 Å². The van der Waals surface area contributed by atoms with Crippen molar-refractivity contribution in [2.24, 2.45) is 0 Å². The number of hydrogen-bond donors (Lipinski definition) is 2. The van der Waals surface area contributed by atoms with E-state index in [-0.39, 0.29) is 5.16 Å². The Morgan fingerprint density at radius 1 is 1.50 bits per heavy atom. The van der Waals surface area contributed by atoms with Crippen LogP contribution in [-0.2, 0) is 10.7 Å². The molecule has 0 unspecified atom stereocenters. The highest BCUT2D eigenvalue weighted by Gasteiger charge is 1.95. The van der Waals surface area contributed by atoms with Crippen molar-refractivity contribution in [1.29, 1.82) is 0 Å². The third-order valence-electron chi connectivity index (χ3n) is 0.497. The summed E-state index contributed by atoms with van der Waals surface area (Å²) in [6.07, 6.45) is 0. The van der Waals surface area contributed by atoms with E-state index < -0.39 is 10.7 Å². The topological polar surface area (TPSA) is 88.6 Å². The Hall–Kier alpha value is -0.980. The van der Waals surface area contributed by atoms with Gasteiger partial charge in [-0.25, -0.2) is 8.42 Å². The summed E-state index contributed by atoms with van der Waals surface area (Å²) in [6, 6.07) is 0. The number of H-pyrrole nitrogens is 1. The van der Waals surface area contributed by atoms with Gasteiger partial charge in [-0.2, -0.15) is 5.21 Å². The molecule has 1 aromatic heterocycles. The number of aromatic amines is 1. The fraction of sp³-hybridized carbons (Fsp3) is 0. The zero-order valence-corrected chi connectivity index (χ0v) is 4.50. The van der Waals surface area contributed by atoms with Gasteiger partial charge in [0, 0.05) is 0 Å². The molecule has 0 saturated carbocycles. The molecule has 1 heterocycles. The summed E-state index contributed by atoms with van der Waals surface area (Å²) in [7, 11) is -2.67. The zero-order valence-electron chi connectivity index (χ0n) is 3.61. The highest BCUT2D eigenvalue weighted by molar-refractivity contribution is 7.72. The molecule has 0 atom stereocenters. The number of nitrogens with one attached hydrogen (secondary N) is 1. The van der Waals surface area contributed by atoms with Gasteiger partial charge in [0.2, 0.25) is 10.7 Å². The van der Waals surface area contributed by atoms with Crippen LogP contribution < -0.4 is 0 Å². The summed E-state index contributed by atoms with van der Waals surface area (Å²) >= 11 is 0. The van der Waals surface area contributed by atoms with Gasteiger partial charge in [0.25, 0.3) is 5.16 Å². The summed E-state index contributed by atoms with van der Waals surface area (Å²) in [5.74, 6) is 0. The second-order valence-electron chi connectivity index (χ2n) is 0.969. The quantitative estimate of drug-likeness (QED) is 0.441. The maximum atomic E-state index is 9.91. The number of nitrogens with zero attached hydrogens (tertiary/aromatic N) is 3. The lowest BCUT2D eigenvalue weighted by Gasteiger charge is -1.65. The van der Waals surface area contributed by atoms with Gasteiger partial charge in [-0.1, -0.05) is 5.10 Å². The Balaban J connectivity index is 3.11. The van der Waals surface area contributed by atoms with Crippen LogP contribution >= 0.6 is 0 Å². The summed E-state index contributed by atoms with van der Waals surface area (Å²) < 4.78 is 19.8. The second-order valence-corrected chi connectivity index (χ2v) is 1.88. The molecule has 1 N–H and O–H groups in total. The molecule has 0 fully saturated rings. The molecule has 44 valence electrons. The number of aromatic nitrogens is 4. The van der Waals surface area contributed by atoms with E-state index in [4.69, 9.17) is 0 Å². The number of thiol groups is 1. The Bertz CT molecular complexity index is 216. The van der Waals surface area contributed by atoms with Gasteiger partial charge < -0.3 is 0 Å². The van der Waals surface area contributed by atoms with E-state index in [1.165, 1.54) is 0 Å². The first-order chi connectivity index (χ1) is 3.80. The molecule has 0 amide bonds. The molecule has 0 aliphatic rings. The molecule has 0 aromatic carbocycles. The van der Waals surface area contributed by atoms with Gasteiger partial charge in [-0.05, 0) is 5.21 Å². The van der Waals surface area contributed by atoms with Crippen molar-refractivity contribution in [2.45, 2.75) is 5.16 Å². The first-order valence-corrected chi connectivity index (χ1v) is 2.86. The SMILES string of the molecule is O=[SH](=O)c1nn[nH]n1. The molecule has 0 aliphatic heterocycles. The van der Waals surface area contributed by atoms with Crippen molar-refractivity contribution in [1.82, 2.24) is 20.6 Å². The lowest BCUT2D eigenvalue weighted by Crippen LogP contribution is -1.81. The normalized spacial score (nSPS) is 10.1. The molecular formula is CH2N4O2S. The van der Waals surface area contributed by atoms with Crippen LogP contribution in [-0.4, -0.2) is 29.0 Å². The Morgan fingerprint density at radius 2 is 2.25 bits per heavy atom. The number of hydrogen-bond acceptors (Lipinski definition) is 5. The molecule has 6 nitrogen and oxygen atoms in total. The van der Waals surface area contributed by atoms with E-state index in [1.807, 2.05) is 5.21 Å². The van der Waals surface area contributed by atoms with Gasteiger partial charge in [0.1, 0.15) is 0 Å². The van der Waals surface area contributed by atoms with Gasteiger partial charge in [-0.15, -0.1) is 5.10 Å². The number of tetrazole rings is 1. The monoisotopic (exact) mass is 134 g/mol. The van der Waals surface area contributed by atoms with Crippen molar-refractivity contribution in [3.63, 3.8) is 0 Å². The van der Waals surface area contributed by atoms with Crippen molar-refractivity contribution >= 4 is 10.7 Å². The van der Waals surface area contributed by atoms with Crippen LogP contribution in [0.4, 0.5) is 0 Å². The highest BCUT2D eigenvalue weighted by atomic mass is 32.2.